The highest BCUT2D eigenvalue weighted by molar-refractivity contribution is 7.54. The molecule has 1 aromatic carbocycles. The van der Waals surface area contributed by atoms with E-state index < -0.39 is 24.6 Å². The van der Waals surface area contributed by atoms with Crippen LogP contribution in [0.15, 0.2) is 24.5 Å². The molecule has 1 aromatic heterocycles. The van der Waals surface area contributed by atoms with Crippen LogP contribution in [0.5, 0.6) is 0 Å². The largest absolute Gasteiger partial charge is 0.417 e. The molecule has 0 spiro atoms. The van der Waals surface area contributed by atoms with Gasteiger partial charge in [-0.3, -0.25) is 4.57 Å². The van der Waals surface area contributed by atoms with Crippen molar-refractivity contribution in [2.24, 2.45) is 5.73 Å². The Hall–Kier alpha value is -1.87. The predicted octanol–water partition coefficient (Wildman–Crippen LogP) is 3.03. The normalized spacial score (nSPS) is 17.1. The lowest BCUT2D eigenvalue weighted by molar-refractivity contribution is -0.137. The van der Waals surface area contributed by atoms with Gasteiger partial charge in [-0.1, -0.05) is 0 Å². The van der Waals surface area contributed by atoms with E-state index in [1.807, 2.05) is 0 Å². The van der Waals surface area contributed by atoms with Crippen LogP contribution < -0.4 is 11.5 Å². The molecule has 0 bridgehead atoms. The average Bonchev–Trinajstić information content (AvgIpc) is 2.99. The smallest absolute Gasteiger partial charge is 0.398 e. The first-order chi connectivity index (χ1) is 11.4. The Kier molecular flexibility index (Phi) is 5.02. The minimum atomic E-state index is -4.71. The Morgan fingerprint density at radius 3 is 2.48 bits per heavy atom. The lowest BCUT2D eigenvalue weighted by Crippen LogP contribution is -2.35. The summed E-state index contributed by atoms with van der Waals surface area (Å²) in [4.78, 5) is 16.5. The molecule has 1 heterocycles. The van der Waals surface area contributed by atoms with E-state index in [1.165, 1.54) is 26.2 Å². The lowest BCUT2D eigenvalue weighted by atomic mass is 9.97. The Bertz CT molecular complexity index is 806. The maximum atomic E-state index is 13.3. The number of hydrogen-bond acceptors (Lipinski definition) is 5. The molecule has 0 aliphatic carbocycles. The summed E-state index contributed by atoms with van der Waals surface area (Å²) < 4.78 is 57.2. The van der Waals surface area contributed by atoms with Crippen molar-refractivity contribution in [1.29, 1.82) is 0 Å². The van der Waals surface area contributed by atoms with Crippen LogP contribution in [-0.4, -0.2) is 21.5 Å². The Morgan fingerprint density at radius 1 is 1.36 bits per heavy atom. The van der Waals surface area contributed by atoms with Crippen LogP contribution in [0.3, 0.4) is 0 Å². The van der Waals surface area contributed by atoms with E-state index in [0.717, 1.165) is 6.07 Å². The van der Waals surface area contributed by atoms with Crippen molar-refractivity contribution in [1.82, 2.24) is 9.97 Å². The zero-order valence-electron chi connectivity index (χ0n) is 13.5. The third-order valence-corrected chi connectivity index (χ3v) is 5.71. The number of nitrogens with two attached hydrogens (primary N) is 2. The van der Waals surface area contributed by atoms with Gasteiger partial charge < -0.3 is 25.9 Å². The number of imidazole rings is 1. The molecule has 7 nitrogen and oxygen atoms in total. The summed E-state index contributed by atoms with van der Waals surface area (Å²) in [5.41, 5.74) is 9.78. The minimum absolute atomic E-state index is 0.0754. The number of aromatic nitrogens is 2. The molecule has 0 saturated heterocycles. The molecule has 0 aliphatic heterocycles. The summed E-state index contributed by atoms with van der Waals surface area (Å²) >= 11 is 0. The number of halogens is 3. The van der Waals surface area contributed by atoms with Crippen molar-refractivity contribution in [3.8, 4) is 11.4 Å². The van der Waals surface area contributed by atoms with Crippen LogP contribution in [0.2, 0.25) is 0 Å². The van der Waals surface area contributed by atoms with Gasteiger partial charge in [-0.15, -0.1) is 0 Å². The highest BCUT2D eigenvalue weighted by atomic mass is 31.2. The van der Waals surface area contributed by atoms with Crippen molar-refractivity contribution in [3.63, 3.8) is 0 Å². The van der Waals surface area contributed by atoms with E-state index in [0.29, 0.717) is 6.07 Å². The number of rotatable bonds is 5. The van der Waals surface area contributed by atoms with Gasteiger partial charge in [0.25, 0.3) is 0 Å². The van der Waals surface area contributed by atoms with E-state index in [1.54, 1.807) is 0 Å². The molecule has 0 amide bonds. The van der Waals surface area contributed by atoms with Gasteiger partial charge in [-0.2, -0.15) is 13.2 Å². The van der Waals surface area contributed by atoms with Crippen LogP contribution in [-0.2, 0) is 20.5 Å². The van der Waals surface area contributed by atoms with Crippen LogP contribution in [0.4, 0.5) is 18.9 Å². The lowest BCUT2D eigenvalue weighted by Gasteiger charge is -2.31. The monoisotopic (exact) mass is 378 g/mol. The first kappa shape index (κ1) is 19.5. The average molecular weight is 378 g/mol. The zero-order valence-corrected chi connectivity index (χ0v) is 14.4. The number of nitrogens with zero attached hydrogens (tertiary/aromatic N) is 1. The van der Waals surface area contributed by atoms with Crippen molar-refractivity contribution in [2.45, 2.75) is 25.3 Å². The molecule has 6 N–H and O–H groups in total. The molecule has 0 saturated carbocycles. The fraction of sp³-hybridized carbons (Fsp3) is 0.357. The molecular formula is C14H18F3N4O3P. The number of nitrogens with one attached hydrogen (secondary N) is 1. The summed E-state index contributed by atoms with van der Waals surface area (Å²) in [6.45, 7) is 2.56. The van der Waals surface area contributed by atoms with Crippen molar-refractivity contribution in [3.05, 3.63) is 35.7 Å². The number of anilines is 1. The van der Waals surface area contributed by atoms with Gasteiger partial charge in [0.2, 0.25) is 0 Å². The van der Waals surface area contributed by atoms with E-state index >= 15 is 0 Å². The van der Waals surface area contributed by atoms with Crippen LogP contribution >= 0.6 is 7.60 Å². The molecule has 2 aromatic rings. The van der Waals surface area contributed by atoms with Crippen LogP contribution in [0.25, 0.3) is 11.4 Å². The summed E-state index contributed by atoms with van der Waals surface area (Å²) in [6, 6.07) is 1.68. The second kappa shape index (κ2) is 6.45. The molecule has 2 atom stereocenters. The standard InChI is InChI=1S/C14H18F3N4O3P/c1-3-24-25(22,23)13(2,19)10-6-8(12-20-4-5-21-12)9(7-11(10)18)14(15,16)17/h4-7H,3,18-19H2,1-2H3,(H,20,21)(H,22,23). The molecule has 25 heavy (non-hydrogen) atoms. The fourth-order valence-electron chi connectivity index (χ4n) is 2.36. The topological polar surface area (TPSA) is 127 Å². The molecule has 0 fully saturated rings. The van der Waals surface area contributed by atoms with Gasteiger partial charge >= 0.3 is 13.8 Å². The maximum absolute atomic E-state index is 13.3. The van der Waals surface area contributed by atoms with E-state index in [2.05, 4.69) is 9.97 Å². The SMILES string of the molecule is CCOP(=O)(O)C(C)(N)c1cc(-c2ncc[nH]2)c(C(F)(F)F)cc1N. The third-order valence-electron chi connectivity index (χ3n) is 3.68. The summed E-state index contributed by atoms with van der Waals surface area (Å²) in [6.07, 6.45) is -2.07. The number of benzene rings is 1. The highest BCUT2D eigenvalue weighted by Gasteiger charge is 2.45. The quantitative estimate of drug-likeness (QED) is 0.468. The molecule has 138 valence electrons. The Morgan fingerprint density at radius 2 is 2.00 bits per heavy atom. The molecular weight excluding hydrogens is 360 g/mol. The van der Waals surface area contributed by atoms with Gasteiger partial charge in [-0.25, -0.2) is 4.98 Å². The third kappa shape index (κ3) is 3.57. The summed E-state index contributed by atoms with van der Waals surface area (Å²) in [5, 5.41) is -2.02. The highest BCUT2D eigenvalue weighted by Crippen LogP contribution is 2.59. The molecule has 0 aliphatic rings. The number of H-pyrrole nitrogens is 1. The predicted molar refractivity (Wildman–Crippen MR) is 86.4 cm³/mol. The molecule has 0 radical (unpaired) electrons. The van der Waals surface area contributed by atoms with Gasteiger partial charge in [0.15, 0.2) is 0 Å². The second-order valence-corrected chi connectivity index (χ2v) is 7.73. The first-order valence-corrected chi connectivity index (χ1v) is 8.76. The number of alkyl halides is 3. The maximum Gasteiger partial charge on any atom is 0.417 e. The van der Waals surface area contributed by atoms with Gasteiger partial charge in [0.1, 0.15) is 11.1 Å². The van der Waals surface area contributed by atoms with E-state index in [4.69, 9.17) is 16.0 Å². The number of nitrogen functional groups attached to an aromatic ring is 1. The van der Waals surface area contributed by atoms with Gasteiger partial charge in [0.05, 0.1) is 12.2 Å². The first-order valence-electron chi connectivity index (χ1n) is 7.19. The number of hydrogen-bond donors (Lipinski definition) is 4. The molecule has 2 unspecified atom stereocenters. The van der Waals surface area contributed by atoms with E-state index in [9.17, 15) is 22.6 Å². The summed E-state index contributed by atoms with van der Waals surface area (Å²) in [5.74, 6) is -0.0754. The molecule has 11 heteroatoms. The van der Waals surface area contributed by atoms with Gasteiger partial charge in [0, 0.05) is 29.2 Å². The Balaban J connectivity index is 2.74. The second-order valence-electron chi connectivity index (χ2n) is 5.51. The Labute approximate surface area is 141 Å². The van der Waals surface area contributed by atoms with Crippen molar-refractivity contribution < 1.29 is 27.2 Å². The van der Waals surface area contributed by atoms with Crippen molar-refractivity contribution >= 4 is 13.3 Å². The fourth-order valence-corrected chi connectivity index (χ4v) is 3.48. The van der Waals surface area contributed by atoms with Crippen LogP contribution in [0.1, 0.15) is 25.0 Å². The zero-order chi connectivity index (χ0) is 19.0. The van der Waals surface area contributed by atoms with Crippen LogP contribution in [0, 0.1) is 0 Å². The molecule has 2 rings (SSSR count). The minimum Gasteiger partial charge on any atom is -0.398 e. The van der Waals surface area contributed by atoms with Gasteiger partial charge in [-0.05, 0) is 26.0 Å². The number of aromatic amines is 1. The van der Waals surface area contributed by atoms with E-state index in [-0.39, 0.29) is 29.2 Å². The summed E-state index contributed by atoms with van der Waals surface area (Å²) in [7, 11) is -4.41. The van der Waals surface area contributed by atoms with Crippen molar-refractivity contribution in [2.75, 3.05) is 12.3 Å².